The van der Waals surface area contributed by atoms with Crippen LogP contribution >= 0.6 is 0 Å². The Bertz CT molecular complexity index is 242. The molecule has 0 aliphatic heterocycles. The Hall–Kier alpha value is -1.87. The van der Waals surface area contributed by atoms with Crippen molar-refractivity contribution in [2.45, 2.75) is 6.23 Å². The summed E-state index contributed by atoms with van der Waals surface area (Å²) in [5.41, 5.74) is 9.30. The van der Waals surface area contributed by atoms with Gasteiger partial charge in [0.05, 0.1) is 6.54 Å². The Labute approximate surface area is 77.9 Å². The van der Waals surface area contributed by atoms with Gasteiger partial charge in [0.15, 0.2) is 0 Å². The lowest BCUT2D eigenvalue weighted by Gasteiger charge is -2.08. The van der Waals surface area contributed by atoms with Crippen LogP contribution in [0.3, 0.4) is 0 Å². The molecule has 0 rings (SSSR count). The van der Waals surface area contributed by atoms with Gasteiger partial charge in [-0.25, -0.2) is 19.4 Å². The summed E-state index contributed by atoms with van der Waals surface area (Å²) in [6.07, 6.45) is -3.33. The molecular formula is C5H9N3O6. The van der Waals surface area contributed by atoms with Crippen molar-refractivity contribution in [3.05, 3.63) is 0 Å². The minimum absolute atomic E-state index is 0.416. The number of amides is 2. The molecule has 14 heavy (non-hydrogen) atoms. The third-order valence-corrected chi connectivity index (χ3v) is 0.912. The summed E-state index contributed by atoms with van der Waals surface area (Å²) in [6.45, 7) is -0.416. The van der Waals surface area contributed by atoms with E-state index in [9.17, 15) is 14.4 Å². The van der Waals surface area contributed by atoms with E-state index in [0.29, 0.717) is 0 Å². The van der Waals surface area contributed by atoms with Gasteiger partial charge in [0, 0.05) is 0 Å². The third-order valence-electron chi connectivity index (χ3n) is 0.912. The molecule has 0 aromatic heterocycles. The van der Waals surface area contributed by atoms with Crippen LogP contribution in [0.1, 0.15) is 0 Å². The molecular weight excluding hydrogens is 198 g/mol. The molecule has 0 aromatic carbocycles. The van der Waals surface area contributed by atoms with Crippen molar-refractivity contribution in [3.63, 3.8) is 0 Å². The first kappa shape index (κ1) is 12.1. The van der Waals surface area contributed by atoms with E-state index in [1.807, 2.05) is 0 Å². The highest BCUT2D eigenvalue weighted by molar-refractivity contribution is 5.84. The van der Waals surface area contributed by atoms with Gasteiger partial charge >= 0.3 is 12.1 Å². The number of hydrogen-bond acceptors (Lipinski definition) is 7. The zero-order valence-corrected chi connectivity index (χ0v) is 6.93. The van der Waals surface area contributed by atoms with Crippen molar-refractivity contribution in [1.82, 2.24) is 5.32 Å². The summed E-state index contributed by atoms with van der Waals surface area (Å²) < 4.78 is 0. The van der Waals surface area contributed by atoms with Gasteiger partial charge < -0.3 is 21.9 Å². The van der Waals surface area contributed by atoms with E-state index in [-0.39, 0.29) is 0 Å². The zero-order chi connectivity index (χ0) is 11.1. The van der Waals surface area contributed by atoms with Crippen molar-refractivity contribution in [1.29, 1.82) is 0 Å². The minimum atomic E-state index is -1.97. The summed E-state index contributed by atoms with van der Waals surface area (Å²) >= 11 is 0. The predicted molar refractivity (Wildman–Crippen MR) is 40.0 cm³/mol. The molecule has 0 bridgehead atoms. The van der Waals surface area contributed by atoms with Crippen LogP contribution in [0.2, 0.25) is 0 Å². The van der Waals surface area contributed by atoms with Crippen LogP contribution in [0.5, 0.6) is 0 Å². The summed E-state index contributed by atoms with van der Waals surface area (Å²) in [5, 5.41) is 10.6. The second kappa shape index (κ2) is 5.72. The number of nitrogens with two attached hydrogens (primary N) is 2. The summed E-state index contributed by atoms with van der Waals surface area (Å²) in [7, 11) is 0. The largest absolute Gasteiger partial charge is 0.447 e. The fourth-order valence-electron chi connectivity index (χ4n) is 0.398. The van der Waals surface area contributed by atoms with Crippen molar-refractivity contribution in [3.8, 4) is 0 Å². The van der Waals surface area contributed by atoms with Crippen LogP contribution < -0.4 is 16.8 Å². The molecule has 80 valence electrons. The number of aliphatic hydroxyl groups excluding tert-OH is 1. The van der Waals surface area contributed by atoms with Gasteiger partial charge in [0.2, 0.25) is 12.1 Å². The highest BCUT2D eigenvalue weighted by Gasteiger charge is 2.20. The maximum absolute atomic E-state index is 10.6. The van der Waals surface area contributed by atoms with Crippen LogP contribution in [-0.4, -0.2) is 35.8 Å². The summed E-state index contributed by atoms with van der Waals surface area (Å²) in [4.78, 5) is 38.4. The number of aliphatic hydroxyl groups is 1. The number of carbonyl (C=O) groups excluding carboxylic acids is 3. The molecule has 0 saturated carbocycles. The fraction of sp³-hybridized carbons (Fsp3) is 0.400. The number of primary amides is 1. The highest BCUT2D eigenvalue weighted by atomic mass is 17.2. The van der Waals surface area contributed by atoms with Gasteiger partial charge in [-0.1, -0.05) is 0 Å². The standard InChI is InChI=1S/C5H9N3O6/c6-1-2(9)8-3(10)4(11)13-14-5(7)12/h3,10H,1,6H2,(H2,7,12)(H,8,9). The van der Waals surface area contributed by atoms with Gasteiger partial charge in [-0.3, -0.25) is 4.79 Å². The Morgan fingerprint density at radius 2 is 1.93 bits per heavy atom. The Morgan fingerprint density at radius 1 is 1.36 bits per heavy atom. The van der Waals surface area contributed by atoms with E-state index < -0.39 is 30.7 Å². The summed E-state index contributed by atoms with van der Waals surface area (Å²) in [5.74, 6) is -2.18. The van der Waals surface area contributed by atoms with Crippen molar-refractivity contribution >= 4 is 18.0 Å². The topological polar surface area (TPSA) is 154 Å². The van der Waals surface area contributed by atoms with E-state index in [2.05, 4.69) is 15.5 Å². The van der Waals surface area contributed by atoms with Crippen molar-refractivity contribution < 1.29 is 29.3 Å². The normalized spacial score (nSPS) is 11.3. The molecule has 0 aliphatic carbocycles. The van der Waals surface area contributed by atoms with E-state index in [4.69, 9.17) is 10.8 Å². The van der Waals surface area contributed by atoms with Crippen LogP contribution in [-0.2, 0) is 19.4 Å². The average Bonchev–Trinajstić information content (AvgIpc) is 2.13. The van der Waals surface area contributed by atoms with E-state index in [1.54, 1.807) is 5.32 Å². The lowest BCUT2D eigenvalue weighted by Crippen LogP contribution is -2.44. The van der Waals surface area contributed by atoms with Crippen molar-refractivity contribution in [2.75, 3.05) is 6.54 Å². The van der Waals surface area contributed by atoms with Crippen LogP contribution in [0.25, 0.3) is 0 Å². The molecule has 0 spiro atoms. The fourth-order valence-corrected chi connectivity index (χ4v) is 0.398. The third kappa shape index (κ3) is 4.90. The minimum Gasteiger partial charge on any atom is -0.364 e. The first-order valence-corrected chi connectivity index (χ1v) is 3.32. The molecule has 0 saturated heterocycles. The number of rotatable bonds is 3. The second-order valence-electron chi connectivity index (χ2n) is 1.98. The molecule has 0 heterocycles. The number of carbonyl (C=O) groups is 3. The highest BCUT2D eigenvalue weighted by Crippen LogP contribution is 1.86. The molecule has 1 atom stereocenters. The second-order valence-corrected chi connectivity index (χ2v) is 1.98. The first-order valence-electron chi connectivity index (χ1n) is 3.32. The van der Waals surface area contributed by atoms with Crippen LogP contribution in [0.15, 0.2) is 0 Å². The molecule has 9 nitrogen and oxygen atoms in total. The molecule has 0 aromatic rings. The molecule has 1 unspecified atom stereocenters. The van der Waals surface area contributed by atoms with Crippen molar-refractivity contribution in [2.24, 2.45) is 11.5 Å². The van der Waals surface area contributed by atoms with Gasteiger partial charge in [0.1, 0.15) is 0 Å². The number of nitrogens with one attached hydrogen (secondary N) is 1. The molecule has 0 aliphatic rings. The van der Waals surface area contributed by atoms with E-state index in [0.717, 1.165) is 0 Å². The summed E-state index contributed by atoms with van der Waals surface area (Å²) in [6, 6.07) is 0. The lowest BCUT2D eigenvalue weighted by molar-refractivity contribution is -0.240. The maximum atomic E-state index is 10.6. The maximum Gasteiger partial charge on any atom is 0.447 e. The Balaban J connectivity index is 3.87. The lowest BCUT2D eigenvalue weighted by atomic mass is 10.5. The van der Waals surface area contributed by atoms with Crippen LogP contribution in [0, 0.1) is 0 Å². The zero-order valence-electron chi connectivity index (χ0n) is 6.93. The van der Waals surface area contributed by atoms with Gasteiger partial charge in [-0.05, 0) is 0 Å². The monoisotopic (exact) mass is 207 g/mol. The van der Waals surface area contributed by atoms with Gasteiger partial charge in [-0.15, -0.1) is 0 Å². The van der Waals surface area contributed by atoms with Crippen LogP contribution in [0.4, 0.5) is 4.79 Å². The molecule has 2 amide bonds. The van der Waals surface area contributed by atoms with Gasteiger partial charge in [-0.2, -0.15) is 0 Å². The molecule has 9 heteroatoms. The Kier molecular flexibility index (Phi) is 4.96. The predicted octanol–water partition coefficient (Wildman–Crippen LogP) is -3.07. The Morgan fingerprint density at radius 3 is 2.36 bits per heavy atom. The van der Waals surface area contributed by atoms with E-state index in [1.165, 1.54) is 0 Å². The quantitative estimate of drug-likeness (QED) is 0.217. The average molecular weight is 207 g/mol. The SMILES string of the molecule is NCC(=O)NC(O)C(=O)OOC(N)=O. The first-order chi connectivity index (χ1) is 6.47. The number of hydrogen-bond donors (Lipinski definition) is 4. The molecule has 0 fully saturated rings. The van der Waals surface area contributed by atoms with E-state index >= 15 is 0 Å². The molecule has 6 N–H and O–H groups in total. The van der Waals surface area contributed by atoms with Gasteiger partial charge in [0.25, 0.3) is 0 Å². The smallest absolute Gasteiger partial charge is 0.364 e. The molecule has 0 radical (unpaired) electrons.